The molecule has 0 unspecified atom stereocenters. The molecule has 2 nitrogen and oxygen atoms in total. The van der Waals surface area contributed by atoms with Crippen LogP contribution in [0.15, 0.2) is 60.7 Å². The molecular weight excluding hydrogens is 412 g/mol. The van der Waals surface area contributed by atoms with E-state index in [2.05, 4.69) is 105 Å². The number of aromatic nitrogens is 2. The molecule has 2 heteroatoms. The van der Waals surface area contributed by atoms with Crippen molar-refractivity contribution in [2.45, 2.75) is 65.3 Å². The summed E-state index contributed by atoms with van der Waals surface area (Å²) in [5.41, 5.74) is 9.47. The predicted molar refractivity (Wildman–Crippen MR) is 145 cm³/mol. The molecule has 172 valence electrons. The minimum atomic E-state index is 0.398. The van der Waals surface area contributed by atoms with E-state index in [-0.39, 0.29) is 0 Å². The second-order valence-electron chi connectivity index (χ2n) is 10.7. The van der Waals surface area contributed by atoms with Crippen LogP contribution in [0.2, 0.25) is 0 Å². The van der Waals surface area contributed by atoms with Crippen LogP contribution in [0.1, 0.15) is 68.3 Å². The van der Waals surface area contributed by atoms with Crippen molar-refractivity contribution in [1.82, 2.24) is 4.57 Å². The molecule has 34 heavy (non-hydrogen) atoms. The number of hydrogen-bond acceptors (Lipinski definition) is 0. The van der Waals surface area contributed by atoms with E-state index in [0.717, 1.165) is 5.92 Å². The smallest absolute Gasteiger partial charge is 0.220 e. The molecular formula is C32H35N2+. The molecule has 6 rings (SSSR count). The molecule has 1 saturated carbocycles. The monoisotopic (exact) mass is 447 g/mol. The van der Waals surface area contributed by atoms with Gasteiger partial charge in [0.05, 0.1) is 16.5 Å². The minimum Gasteiger partial charge on any atom is -0.338 e. The lowest BCUT2D eigenvalue weighted by atomic mass is 9.92. The quantitative estimate of drug-likeness (QED) is 0.246. The Morgan fingerprint density at radius 1 is 0.824 bits per heavy atom. The van der Waals surface area contributed by atoms with Gasteiger partial charge in [-0.05, 0) is 80.3 Å². The molecule has 1 fully saturated rings. The maximum atomic E-state index is 2.50. The van der Waals surface area contributed by atoms with Crippen molar-refractivity contribution in [2.24, 2.45) is 7.05 Å². The van der Waals surface area contributed by atoms with E-state index in [9.17, 15) is 0 Å². The summed E-state index contributed by atoms with van der Waals surface area (Å²) in [6.45, 7) is 9.09. The van der Waals surface area contributed by atoms with Gasteiger partial charge in [0.25, 0.3) is 0 Å². The molecule has 0 N–H and O–H groups in total. The summed E-state index contributed by atoms with van der Waals surface area (Å²) in [5.74, 6) is 0.738. The predicted octanol–water partition coefficient (Wildman–Crippen LogP) is 8.29. The van der Waals surface area contributed by atoms with Crippen molar-refractivity contribution in [3.63, 3.8) is 0 Å². The summed E-state index contributed by atoms with van der Waals surface area (Å²) >= 11 is 0. The average Bonchev–Trinajstić information content (AvgIpc) is 3.46. The largest absolute Gasteiger partial charge is 0.338 e. The van der Waals surface area contributed by atoms with Crippen molar-refractivity contribution in [1.29, 1.82) is 0 Å². The normalized spacial score (nSPS) is 14.9. The van der Waals surface area contributed by atoms with Gasteiger partial charge < -0.3 is 4.57 Å². The number of pyridine rings is 1. The number of aryl methyl sites for hydroxylation is 2. The maximum absolute atomic E-state index is 2.50. The standard InChI is InChI=1S/C32H35N2/c1-20(2)34-30-13-9-8-12-27(30)29-16-21(3)28(19-31(29)34)32-26-15-14-24(23-10-6-7-11-23)18-25(26)17-22(4)33(32)5/h8-9,12-20,23H,6-7,10-11H2,1-5H3/q+1. The molecule has 2 aromatic heterocycles. The molecule has 0 aliphatic heterocycles. The zero-order valence-electron chi connectivity index (χ0n) is 21.2. The summed E-state index contributed by atoms with van der Waals surface area (Å²) < 4.78 is 4.89. The maximum Gasteiger partial charge on any atom is 0.220 e. The third kappa shape index (κ3) is 3.19. The van der Waals surface area contributed by atoms with Crippen molar-refractivity contribution < 1.29 is 4.57 Å². The molecule has 1 aliphatic rings. The topological polar surface area (TPSA) is 8.81 Å². The molecule has 0 spiro atoms. The molecule has 0 amide bonds. The second-order valence-corrected chi connectivity index (χ2v) is 10.7. The number of para-hydroxylation sites is 1. The average molecular weight is 448 g/mol. The molecule has 2 heterocycles. The Kier molecular flexibility index (Phi) is 5.02. The van der Waals surface area contributed by atoms with Crippen molar-refractivity contribution in [2.75, 3.05) is 0 Å². The second kappa shape index (κ2) is 7.98. The van der Waals surface area contributed by atoms with E-state index in [4.69, 9.17) is 0 Å². The van der Waals surface area contributed by atoms with Gasteiger partial charge in [-0.2, -0.15) is 4.57 Å². The Morgan fingerprint density at radius 3 is 2.35 bits per heavy atom. The highest BCUT2D eigenvalue weighted by atomic mass is 15.0. The van der Waals surface area contributed by atoms with E-state index < -0.39 is 0 Å². The Labute approximate surface area is 202 Å². The molecule has 1 aliphatic carbocycles. The van der Waals surface area contributed by atoms with Gasteiger partial charge in [-0.15, -0.1) is 0 Å². The van der Waals surface area contributed by atoms with E-state index in [1.807, 2.05) is 0 Å². The first-order valence-corrected chi connectivity index (χ1v) is 12.9. The highest BCUT2D eigenvalue weighted by Gasteiger charge is 2.24. The van der Waals surface area contributed by atoms with Gasteiger partial charge in [0.15, 0.2) is 5.69 Å². The summed E-state index contributed by atoms with van der Waals surface area (Å²) in [7, 11) is 2.22. The minimum absolute atomic E-state index is 0.398. The van der Waals surface area contributed by atoms with Crippen molar-refractivity contribution >= 4 is 32.6 Å². The Bertz CT molecular complexity index is 1560. The van der Waals surface area contributed by atoms with Crippen LogP contribution < -0.4 is 4.57 Å². The number of nitrogens with zero attached hydrogens (tertiary/aromatic N) is 2. The van der Waals surface area contributed by atoms with Gasteiger partial charge in [-0.25, -0.2) is 0 Å². The SMILES string of the molecule is Cc1cc2c3ccccc3n(C(C)C)c2cc1-c1c2ccc(C3CCCC3)cc2cc(C)[n+]1C. The lowest BCUT2D eigenvalue weighted by Gasteiger charge is -2.15. The van der Waals surface area contributed by atoms with Crippen LogP contribution >= 0.6 is 0 Å². The summed E-state index contributed by atoms with van der Waals surface area (Å²) in [6.07, 6.45) is 5.43. The molecule has 0 atom stereocenters. The van der Waals surface area contributed by atoms with Crippen LogP contribution in [0.4, 0.5) is 0 Å². The number of fused-ring (bicyclic) bond motifs is 4. The van der Waals surface area contributed by atoms with Gasteiger partial charge in [-0.3, -0.25) is 0 Å². The number of hydrogen-bond donors (Lipinski definition) is 0. The van der Waals surface area contributed by atoms with Crippen LogP contribution in [0.25, 0.3) is 43.8 Å². The summed E-state index contributed by atoms with van der Waals surface area (Å²) in [5, 5.41) is 5.43. The Balaban J connectivity index is 1.64. The third-order valence-electron chi connectivity index (χ3n) is 8.21. The van der Waals surface area contributed by atoms with Crippen molar-refractivity contribution in [3.05, 3.63) is 77.5 Å². The highest BCUT2D eigenvalue weighted by Crippen LogP contribution is 2.39. The lowest BCUT2D eigenvalue weighted by Crippen LogP contribution is -2.35. The first-order chi connectivity index (χ1) is 16.4. The summed E-state index contributed by atoms with van der Waals surface area (Å²) in [4.78, 5) is 0. The highest BCUT2D eigenvalue weighted by molar-refractivity contribution is 6.10. The van der Waals surface area contributed by atoms with E-state index in [1.54, 1.807) is 0 Å². The molecule has 0 saturated heterocycles. The molecule has 5 aromatic rings. The van der Waals surface area contributed by atoms with Gasteiger partial charge in [0.2, 0.25) is 5.69 Å². The van der Waals surface area contributed by atoms with Crippen LogP contribution in [0, 0.1) is 13.8 Å². The van der Waals surface area contributed by atoms with Gasteiger partial charge in [-0.1, -0.05) is 43.2 Å². The Hall–Kier alpha value is -3.13. The van der Waals surface area contributed by atoms with Crippen LogP contribution in [-0.2, 0) is 7.05 Å². The zero-order valence-corrected chi connectivity index (χ0v) is 21.2. The van der Waals surface area contributed by atoms with Gasteiger partial charge in [0.1, 0.15) is 7.05 Å². The van der Waals surface area contributed by atoms with Crippen molar-refractivity contribution in [3.8, 4) is 11.3 Å². The van der Waals surface area contributed by atoms with Gasteiger partial charge >= 0.3 is 0 Å². The fourth-order valence-electron chi connectivity index (χ4n) is 6.40. The third-order valence-corrected chi connectivity index (χ3v) is 8.21. The van der Waals surface area contributed by atoms with E-state index in [0.29, 0.717) is 6.04 Å². The fourth-order valence-corrected chi connectivity index (χ4v) is 6.40. The van der Waals surface area contributed by atoms with E-state index >= 15 is 0 Å². The molecule has 0 radical (unpaired) electrons. The fraction of sp³-hybridized carbons (Fsp3) is 0.344. The zero-order chi connectivity index (χ0) is 23.6. The lowest BCUT2D eigenvalue weighted by molar-refractivity contribution is -0.665. The number of benzene rings is 3. The van der Waals surface area contributed by atoms with Gasteiger partial charge in [0, 0.05) is 35.3 Å². The van der Waals surface area contributed by atoms with Crippen LogP contribution in [0.3, 0.4) is 0 Å². The van der Waals surface area contributed by atoms with Crippen LogP contribution in [-0.4, -0.2) is 4.57 Å². The first-order valence-electron chi connectivity index (χ1n) is 12.9. The summed E-state index contributed by atoms with van der Waals surface area (Å²) in [6, 6.07) is 23.7. The molecule has 3 aromatic carbocycles. The van der Waals surface area contributed by atoms with E-state index in [1.165, 1.54) is 86.3 Å². The Morgan fingerprint density at radius 2 is 1.59 bits per heavy atom. The van der Waals surface area contributed by atoms with Crippen LogP contribution in [0.5, 0.6) is 0 Å². The number of rotatable bonds is 3. The molecule has 0 bridgehead atoms. The first kappa shape index (κ1) is 21.4.